The number of aryl methyl sites for hydroxylation is 1. The topological polar surface area (TPSA) is 76.9 Å². The number of thiophene rings is 1. The molecule has 0 saturated heterocycles. The molecule has 2 aromatic heterocycles. The van der Waals surface area contributed by atoms with Gasteiger partial charge in [-0.2, -0.15) is 16.1 Å². The molecule has 0 amide bonds. The number of benzene rings is 2. The molecule has 1 unspecified atom stereocenters. The number of hydrogen-bond donors (Lipinski definition) is 1. The van der Waals surface area contributed by atoms with E-state index in [1.54, 1.807) is 28.9 Å². The second-order valence-electron chi connectivity index (χ2n) is 6.48. The fourth-order valence-corrected chi connectivity index (χ4v) is 4.64. The molecule has 4 aromatic rings. The quantitative estimate of drug-likeness (QED) is 0.499. The number of nitrogens with zero attached hydrogens (tertiary/aromatic N) is 3. The Bertz CT molecular complexity index is 1280. The molecule has 146 valence electrons. The van der Waals surface area contributed by atoms with Gasteiger partial charge in [0.2, 0.25) is 10.0 Å². The molecule has 2 heterocycles. The third-order valence-corrected chi connectivity index (χ3v) is 6.52. The van der Waals surface area contributed by atoms with Crippen molar-refractivity contribution < 1.29 is 8.42 Å². The smallest absolute Gasteiger partial charge is 0.233 e. The SMILES string of the molecule is Cc1ccc(S(=O)(=O)NC(C#CCn2nnc3ccccc32)c2ccsc2)cc1. The third-order valence-electron chi connectivity index (χ3n) is 4.38. The van der Waals surface area contributed by atoms with E-state index in [1.807, 2.05) is 48.0 Å². The number of fused-ring (bicyclic) bond motifs is 1. The Hall–Kier alpha value is -2.99. The van der Waals surface area contributed by atoms with Gasteiger partial charge in [0.15, 0.2) is 0 Å². The van der Waals surface area contributed by atoms with Crippen molar-refractivity contribution in [1.82, 2.24) is 19.7 Å². The van der Waals surface area contributed by atoms with Crippen LogP contribution in [0.1, 0.15) is 17.2 Å². The molecule has 1 atom stereocenters. The van der Waals surface area contributed by atoms with Gasteiger partial charge in [-0.05, 0) is 53.6 Å². The molecule has 29 heavy (non-hydrogen) atoms. The molecule has 0 fully saturated rings. The van der Waals surface area contributed by atoms with Crippen LogP contribution in [0.2, 0.25) is 0 Å². The normalized spacial score (nSPS) is 12.4. The Morgan fingerprint density at radius 2 is 1.93 bits per heavy atom. The van der Waals surface area contributed by atoms with Gasteiger partial charge in [-0.3, -0.25) is 0 Å². The van der Waals surface area contributed by atoms with Gasteiger partial charge >= 0.3 is 0 Å². The molecule has 1 N–H and O–H groups in total. The molecule has 0 aliphatic heterocycles. The molecule has 0 spiro atoms. The lowest BCUT2D eigenvalue weighted by Crippen LogP contribution is -2.27. The van der Waals surface area contributed by atoms with Crippen LogP contribution in [0, 0.1) is 18.8 Å². The van der Waals surface area contributed by atoms with Crippen molar-refractivity contribution in [2.24, 2.45) is 0 Å². The molecule has 4 rings (SSSR count). The van der Waals surface area contributed by atoms with E-state index in [0.29, 0.717) is 6.54 Å². The minimum atomic E-state index is -3.70. The maximum absolute atomic E-state index is 12.8. The highest BCUT2D eigenvalue weighted by molar-refractivity contribution is 7.89. The summed E-state index contributed by atoms with van der Waals surface area (Å²) in [7, 11) is -3.70. The first kappa shape index (κ1) is 19.3. The highest BCUT2D eigenvalue weighted by atomic mass is 32.2. The molecule has 0 bridgehead atoms. The van der Waals surface area contributed by atoms with E-state index in [-0.39, 0.29) is 4.90 Å². The largest absolute Gasteiger partial charge is 0.241 e. The zero-order chi connectivity index (χ0) is 20.3. The van der Waals surface area contributed by atoms with E-state index in [9.17, 15) is 8.42 Å². The third kappa shape index (κ3) is 4.38. The van der Waals surface area contributed by atoms with Gasteiger partial charge in [0.1, 0.15) is 18.1 Å². The minimum Gasteiger partial charge on any atom is -0.233 e. The molecule has 0 saturated carbocycles. The van der Waals surface area contributed by atoms with E-state index in [4.69, 9.17) is 0 Å². The number of para-hydroxylation sites is 1. The van der Waals surface area contributed by atoms with Crippen LogP contribution in [-0.2, 0) is 16.6 Å². The van der Waals surface area contributed by atoms with E-state index in [2.05, 4.69) is 26.9 Å². The van der Waals surface area contributed by atoms with Crippen molar-refractivity contribution in [3.8, 4) is 11.8 Å². The van der Waals surface area contributed by atoms with Crippen molar-refractivity contribution in [1.29, 1.82) is 0 Å². The highest BCUT2D eigenvalue weighted by Gasteiger charge is 2.20. The van der Waals surface area contributed by atoms with Crippen molar-refractivity contribution in [3.63, 3.8) is 0 Å². The van der Waals surface area contributed by atoms with Crippen molar-refractivity contribution in [2.75, 3.05) is 0 Å². The predicted octanol–water partition coefficient (Wildman–Crippen LogP) is 3.52. The van der Waals surface area contributed by atoms with Crippen LogP contribution in [-0.4, -0.2) is 23.4 Å². The van der Waals surface area contributed by atoms with Crippen LogP contribution in [0.3, 0.4) is 0 Å². The molecule has 0 radical (unpaired) electrons. The monoisotopic (exact) mass is 422 g/mol. The van der Waals surface area contributed by atoms with Gasteiger partial charge in [0, 0.05) is 0 Å². The standard InChI is InChI=1S/C21H18N4O2S2/c1-16-8-10-18(11-9-16)29(26,27)23-19(17-12-14-28-15-17)6-4-13-25-21-7-3-2-5-20(21)22-24-25/h2-3,5,7-12,14-15,19,23H,13H2,1H3. The summed E-state index contributed by atoms with van der Waals surface area (Å²) in [4.78, 5) is 0.215. The Labute approximate surface area is 173 Å². The maximum Gasteiger partial charge on any atom is 0.241 e. The van der Waals surface area contributed by atoms with Crippen LogP contribution in [0.25, 0.3) is 11.0 Å². The van der Waals surface area contributed by atoms with Crippen molar-refractivity contribution in [2.45, 2.75) is 24.4 Å². The predicted molar refractivity (Wildman–Crippen MR) is 114 cm³/mol. The molecular formula is C21H18N4O2S2. The zero-order valence-corrected chi connectivity index (χ0v) is 17.2. The van der Waals surface area contributed by atoms with Crippen molar-refractivity contribution >= 4 is 32.4 Å². The molecule has 2 aromatic carbocycles. The van der Waals surface area contributed by atoms with Crippen LogP contribution in [0.15, 0.2) is 70.3 Å². The fourth-order valence-electron chi connectivity index (χ4n) is 2.82. The summed E-state index contributed by atoms with van der Waals surface area (Å²) in [5.41, 5.74) is 3.48. The Kier molecular flexibility index (Phi) is 5.45. The van der Waals surface area contributed by atoms with E-state index >= 15 is 0 Å². The summed E-state index contributed by atoms with van der Waals surface area (Å²) in [6.45, 7) is 2.23. The summed E-state index contributed by atoms with van der Waals surface area (Å²) >= 11 is 1.49. The van der Waals surface area contributed by atoms with Gasteiger partial charge < -0.3 is 0 Å². The minimum absolute atomic E-state index is 0.215. The van der Waals surface area contributed by atoms with Crippen LogP contribution < -0.4 is 4.72 Å². The Morgan fingerprint density at radius 1 is 1.14 bits per heavy atom. The Morgan fingerprint density at radius 3 is 2.69 bits per heavy atom. The lowest BCUT2D eigenvalue weighted by atomic mass is 10.2. The second-order valence-corrected chi connectivity index (χ2v) is 8.97. The van der Waals surface area contributed by atoms with Crippen molar-refractivity contribution in [3.05, 3.63) is 76.5 Å². The first-order valence-corrected chi connectivity index (χ1v) is 11.3. The Balaban J connectivity index is 1.59. The zero-order valence-electron chi connectivity index (χ0n) is 15.6. The van der Waals surface area contributed by atoms with Crippen LogP contribution in [0.4, 0.5) is 0 Å². The average molecular weight is 423 g/mol. The molecule has 0 aliphatic rings. The number of aromatic nitrogens is 3. The highest BCUT2D eigenvalue weighted by Crippen LogP contribution is 2.20. The summed E-state index contributed by atoms with van der Waals surface area (Å²) < 4.78 is 30.0. The number of nitrogens with one attached hydrogen (secondary N) is 1. The van der Waals surface area contributed by atoms with Gasteiger partial charge in [0.05, 0.1) is 10.4 Å². The molecule has 8 heteroatoms. The van der Waals surface area contributed by atoms with E-state index in [0.717, 1.165) is 22.2 Å². The first-order chi connectivity index (χ1) is 14.0. The second kappa shape index (κ2) is 8.17. The molecule has 6 nitrogen and oxygen atoms in total. The number of rotatable bonds is 5. The summed E-state index contributed by atoms with van der Waals surface area (Å²) in [6.07, 6.45) is 0. The van der Waals surface area contributed by atoms with Crippen LogP contribution >= 0.6 is 11.3 Å². The number of sulfonamides is 1. The lowest BCUT2D eigenvalue weighted by Gasteiger charge is -2.13. The first-order valence-electron chi connectivity index (χ1n) is 8.91. The van der Waals surface area contributed by atoms with Gasteiger partial charge in [-0.15, -0.1) is 5.10 Å². The van der Waals surface area contributed by atoms with Crippen LogP contribution in [0.5, 0.6) is 0 Å². The lowest BCUT2D eigenvalue weighted by molar-refractivity contribution is 0.576. The van der Waals surface area contributed by atoms with Gasteiger partial charge in [0.25, 0.3) is 0 Å². The van der Waals surface area contributed by atoms with E-state index < -0.39 is 16.1 Å². The summed E-state index contributed by atoms with van der Waals surface area (Å²) in [6, 6.07) is 15.6. The van der Waals surface area contributed by atoms with Gasteiger partial charge in [-0.25, -0.2) is 13.1 Å². The fraction of sp³-hybridized carbons (Fsp3) is 0.143. The molecular weight excluding hydrogens is 404 g/mol. The summed E-state index contributed by atoms with van der Waals surface area (Å²) in [5.74, 6) is 6.08. The maximum atomic E-state index is 12.8. The average Bonchev–Trinajstić information content (AvgIpc) is 3.38. The number of hydrogen-bond acceptors (Lipinski definition) is 5. The molecule has 0 aliphatic carbocycles. The van der Waals surface area contributed by atoms with Gasteiger partial charge in [-0.1, -0.05) is 46.9 Å². The van der Waals surface area contributed by atoms with E-state index in [1.165, 1.54) is 11.3 Å². The summed E-state index contributed by atoms with van der Waals surface area (Å²) in [5, 5.41) is 12.0.